The van der Waals surface area contributed by atoms with Crippen LogP contribution in [0.2, 0.25) is 5.02 Å². The molecule has 0 aliphatic rings. The molecule has 0 bridgehead atoms. The van der Waals surface area contributed by atoms with Gasteiger partial charge < -0.3 is 0 Å². The van der Waals surface area contributed by atoms with Gasteiger partial charge in [-0.1, -0.05) is 29.4 Å². The second kappa shape index (κ2) is 9.36. The van der Waals surface area contributed by atoms with Crippen molar-refractivity contribution in [3.63, 3.8) is 0 Å². The van der Waals surface area contributed by atoms with Gasteiger partial charge in [0.1, 0.15) is 0 Å². The van der Waals surface area contributed by atoms with E-state index in [0.29, 0.717) is 23.9 Å². The van der Waals surface area contributed by atoms with E-state index < -0.39 is 0 Å². The molecule has 3 rings (SSSR count). The van der Waals surface area contributed by atoms with Crippen LogP contribution >= 0.6 is 34.7 Å². The largest absolute Gasteiger partial charge is 0.298 e. The Bertz CT molecular complexity index is 967. The molecular formula is C19H20ClN5OS2. The quantitative estimate of drug-likeness (QED) is 0.373. The first-order chi connectivity index (χ1) is 13.5. The van der Waals surface area contributed by atoms with Crippen LogP contribution in [-0.2, 0) is 17.1 Å². The summed E-state index contributed by atoms with van der Waals surface area (Å²) in [5, 5.41) is 12.9. The molecule has 2 aromatic heterocycles. The number of rotatable bonds is 8. The van der Waals surface area contributed by atoms with Gasteiger partial charge in [0.2, 0.25) is 5.91 Å². The molecule has 3 aromatic rings. The van der Waals surface area contributed by atoms with Crippen LogP contribution in [-0.4, -0.2) is 32.2 Å². The Hall–Kier alpha value is -2.16. The molecule has 0 unspecified atom stereocenters. The normalized spacial score (nSPS) is 10.8. The van der Waals surface area contributed by atoms with Crippen molar-refractivity contribution in [1.82, 2.24) is 19.7 Å². The summed E-state index contributed by atoms with van der Waals surface area (Å²) in [6, 6.07) is 7.52. The monoisotopic (exact) mass is 433 g/mol. The molecule has 6 nitrogen and oxygen atoms in total. The molecule has 0 radical (unpaired) electrons. The topological polar surface area (TPSA) is 63.9 Å². The van der Waals surface area contributed by atoms with Crippen molar-refractivity contribution in [2.75, 3.05) is 11.4 Å². The van der Waals surface area contributed by atoms with E-state index in [1.165, 1.54) is 11.3 Å². The van der Waals surface area contributed by atoms with Gasteiger partial charge in [0.05, 0.1) is 5.69 Å². The number of thioether (sulfide) groups is 1. The number of carbonyl (C=O) groups excluding carboxylic acids is 1. The van der Waals surface area contributed by atoms with Crippen molar-refractivity contribution in [3.8, 4) is 11.4 Å². The lowest BCUT2D eigenvalue weighted by Gasteiger charge is -2.14. The van der Waals surface area contributed by atoms with E-state index in [9.17, 15) is 4.79 Å². The number of aromatic nitrogens is 4. The van der Waals surface area contributed by atoms with Gasteiger partial charge in [0, 0.05) is 41.7 Å². The molecule has 28 heavy (non-hydrogen) atoms. The Morgan fingerprint density at radius 3 is 2.75 bits per heavy atom. The van der Waals surface area contributed by atoms with Gasteiger partial charge in [-0.25, -0.2) is 4.98 Å². The highest BCUT2D eigenvalue weighted by Gasteiger charge is 2.16. The number of allylic oxidation sites excluding steroid dienone is 1. The summed E-state index contributed by atoms with van der Waals surface area (Å²) in [5.41, 5.74) is 1.85. The van der Waals surface area contributed by atoms with Crippen molar-refractivity contribution >= 4 is 45.7 Å². The minimum absolute atomic E-state index is 0.00520. The maximum atomic E-state index is 11.7. The van der Waals surface area contributed by atoms with Gasteiger partial charge in [-0.05, 0) is 31.2 Å². The van der Waals surface area contributed by atoms with E-state index in [1.807, 2.05) is 47.2 Å². The van der Waals surface area contributed by atoms with E-state index in [1.54, 1.807) is 23.6 Å². The molecule has 0 N–H and O–H groups in total. The first-order valence-electron chi connectivity index (χ1n) is 8.68. The van der Waals surface area contributed by atoms with Gasteiger partial charge in [-0.2, -0.15) is 0 Å². The zero-order chi connectivity index (χ0) is 20.1. The molecule has 0 spiro atoms. The summed E-state index contributed by atoms with van der Waals surface area (Å²) < 4.78 is 2.02. The molecule has 1 amide bonds. The summed E-state index contributed by atoms with van der Waals surface area (Å²) in [5.74, 6) is 1.41. The third-order valence-corrected chi connectivity index (χ3v) is 6.11. The zero-order valence-corrected chi connectivity index (χ0v) is 18.0. The number of halogens is 1. The fraction of sp³-hybridized carbons (Fsp3) is 0.263. The van der Waals surface area contributed by atoms with Gasteiger partial charge in [0.15, 0.2) is 16.1 Å². The van der Waals surface area contributed by atoms with Crippen molar-refractivity contribution in [2.45, 2.75) is 31.3 Å². The van der Waals surface area contributed by atoms with Crippen LogP contribution in [0.25, 0.3) is 11.4 Å². The third-order valence-electron chi connectivity index (χ3n) is 3.95. The van der Waals surface area contributed by atoms with Crippen LogP contribution in [0.15, 0.2) is 47.5 Å². The molecule has 146 valence electrons. The summed E-state index contributed by atoms with van der Waals surface area (Å²) in [4.78, 5) is 17.9. The number of anilines is 1. The first kappa shape index (κ1) is 20.6. The number of nitrogens with zero attached hydrogens (tertiary/aromatic N) is 5. The zero-order valence-electron chi connectivity index (χ0n) is 15.6. The molecule has 0 aliphatic carbocycles. The molecular weight excluding hydrogens is 414 g/mol. The van der Waals surface area contributed by atoms with Gasteiger partial charge in [-0.15, -0.1) is 28.1 Å². The number of thiazole rings is 1. The Balaban J connectivity index is 1.78. The molecule has 9 heteroatoms. The first-order valence-corrected chi connectivity index (χ1v) is 10.9. The average molecular weight is 434 g/mol. The van der Waals surface area contributed by atoms with Crippen LogP contribution in [0.4, 0.5) is 5.13 Å². The highest BCUT2D eigenvalue weighted by molar-refractivity contribution is 7.98. The molecule has 1 aromatic carbocycles. The van der Waals surface area contributed by atoms with E-state index in [4.69, 9.17) is 11.6 Å². The standard InChI is InChI=1S/C19H20ClN5OS2/c1-4-10-25-17(14-6-8-15(20)9-7-14)22-23-19(25)28-12-16-11-27-18(21-16)24(5-2)13(3)26/h4,6-9,11H,1,5,10,12H2,2-3H3. The second-order valence-electron chi connectivity index (χ2n) is 5.89. The second-order valence-corrected chi connectivity index (χ2v) is 8.10. The predicted molar refractivity (Wildman–Crippen MR) is 116 cm³/mol. The average Bonchev–Trinajstić information content (AvgIpc) is 3.29. The fourth-order valence-electron chi connectivity index (χ4n) is 2.62. The number of amides is 1. The minimum atomic E-state index is -0.00520. The van der Waals surface area contributed by atoms with E-state index in [0.717, 1.165) is 27.4 Å². The molecule has 0 fully saturated rings. The summed E-state index contributed by atoms with van der Waals surface area (Å²) >= 11 is 9.01. The molecule has 0 saturated heterocycles. The predicted octanol–water partition coefficient (Wildman–Crippen LogP) is 4.91. The van der Waals surface area contributed by atoms with Crippen LogP contribution in [0.1, 0.15) is 19.5 Å². The molecule has 0 atom stereocenters. The Morgan fingerprint density at radius 2 is 2.11 bits per heavy atom. The van der Waals surface area contributed by atoms with Crippen molar-refractivity contribution in [1.29, 1.82) is 0 Å². The van der Waals surface area contributed by atoms with E-state index in [-0.39, 0.29) is 5.91 Å². The lowest BCUT2D eigenvalue weighted by molar-refractivity contribution is -0.116. The van der Waals surface area contributed by atoms with Gasteiger partial charge in [-0.3, -0.25) is 14.3 Å². The Morgan fingerprint density at radius 1 is 1.36 bits per heavy atom. The van der Waals surface area contributed by atoms with Gasteiger partial charge >= 0.3 is 0 Å². The number of hydrogen-bond donors (Lipinski definition) is 0. The highest BCUT2D eigenvalue weighted by Crippen LogP contribution is 2.29. The molecule has 0 aliphatic heterocycles. The summed E-state index contributed by atoms with van der Waals surface area (Å²) in [6.07, 6.45) is 1.82. The maximum absolute atomic E-state index is 11.7. The van der Waals surface area contributed by atoms with Gasteiger partial charge in [0.25, 0.3) is 0 Å². The van der Waals surface area contributed by atoms with Crippen LogP contribution in [0, 0.1) is 0 Å². The van der Waals surface area contributed by atoms with Crippen molar-refractivity contribution in [3.05, 3.63) is 53.0 Å². The molecule has 0 saturated carbocycles. The van der Waals surface area contributed by atoms with Crippen LogP contribution < -0.4 is 4.90 Å². The van der Waals surface area contributed by atoms with Crippen LogP contribution in [0.3, 0.4) is 0 Å². The van der Waals surface area contributed by atoms with E-state index in [2.05, 4.69) is 21.8 Å². The lowest BCUT2D eigenvalue weighted by Crippen LogP contribution is -2.27. The number of hydrogen-bond acceptors (Lipinski definition) is 6. The van der Waals surface area contributed by atoms with E-state index >= 15 is 0 Å². The summed E-state index contributed by atoms with van der Waals surface area (Å²) in [6.45, 7) is 8.53. The van der Waals surface area contributed by atoms with Crippen molar-refractivity contribution in [2.24, 2.45) is 0 Å². The van der Waals surface area contributed by atoms with Crippen molar-refractivity contribution < 1.29 is 4.79 Å². The maximum Gasteiger partial charge on any atom is 0.225 e. The fourth-order valence-corrected chi connectivity index (χ4v) is 4.62. The van der Waals surface area contributed by atoms with Crippen LogP contribution in [0.5, 0.6) is 0 Å². The summed E-state index contributed by atoms with van der Waals surface area (Å²) in [7, 11) is 0. The number of benzene rings is 1. The number of carbonyl (C=O) groups is 1. The minimum Gasteiger partial charge on any atom is -0.298 e. The smallest absolute Gasteiger partial charge is 0.225 e. The highest BCUT2D eigenvalue weighted by atomic mass is 35.5. The molecule has 2 heterocycles. The Labute approximate surface area is 177 Å². The third kappa shape index (κ3) is 4.63. The lowest BCUT2D eigenvalue weighted by atomic mass is 10.2. The SMILES string of the molecule is C=CCn1c(SCc2csc(N(CC)C(C)=O)n2)nnc1-c1ccc(Cl)cc1. The Kier molecular flexibility index (Phi) is 6.88.